The molecule has 39 heavy (non-hydrogen) atoms. The van der Waals surface area contributed by atoms with Gasteiger partial charge in [-0.3, -0.25) is 0 Å². The molecule has 0 aliphatic heterocycles. The Morgan fingerprint density at radius 1 is 0.692 bits per heavy atom. The molecule has 0 atom stereocenters. The highest BCUT2D eigenvalue weighted by atomic mass is 15.0. The van der Waals surface area contributed by atoms with E-state index in [9.17, 15) is 0 Å². The normalized spacial score (nSPS) is 13.6. The van der Waals surface area contributed by atoms with E-state index in [1.54, 1.807) is 6.20 Å². The molecule has 188 valence electrons. The van der Waals surface area contributed by atoms with E-state index in [4.69, 9.17) is 5.73 Å². The monoisotopic (exact) mass is 502 g/mol. The number of hydrogen-bond acceptors (Lipinski definition) is 1. The van der Waals surface area contributed by atoms with Crippen molar-refractivity contribution in [1.82, 2.24) is 4.57 Å². The molecular formula is C37H30N2. The van der Waals surface area contributed by atoms with Crippen molar-refractivity contribution >= 4 is 44.1 Å². The van der Waals surface area contributed by atoms with E-state index < -0.39 is 0 Å². The fourth-order valence-electron chi connectivity index (χ4n) is 6.32. The second-order valence-electron chi connectivity index (χ2n) is 10.3. The summed E-state index contributed by atoms with van der Waals surface area (Å²) in [5.74, 6) is 0. The van der Waals surface area contributed by atoms with Gasteiger partial charge in [-0.2, -0.15) is 0 Å². The van der Waals surface area contributed by atoms with Crippen LogP contribution in [-0.2, 0) is 0 Å². The summed E-state index contributed by atoms with van der Waals surface area (Å²) < 4.78 is 2.30. The summed E-state index contributed by atoms with van der Waals surface area (Å²) in [5.41, 5.74) is 15.7. The van der Waals surface area contributed by atoms with Gasteiger partial charge < -0.3 is 10.3 Å². The highest BCUT2D eigenvalue weighted by molar-refractivity contribution is 6.20. The summed E-state index contributed by atoms with van der Waals surface area (Å²) in [6.45, 7) is 2.20. The minimum absolute atomic E-state index is 1.09. The molecule has 6 aromatic rings. The van der Waals surface area contributed by atoms with Crippen molar-refractivity contribution in [3.63, 3.8) is 0 Å². The van der Waals surface area contributed by atoms with E-state index in [0.717, 1.165) is 24.2 Å². The molecule has 1 aliphatic rings. The average molecular weight is 503 g/mol. The van der Waals surface area contributed by atoms with Crippen molar-refractivity contribution in [2.75, 3.05) is 0 Å². The Hall–Kier alpha value is -4.82. The zero-order valence-electron chi connectivity index (χ0n) is 22.1. The summed E-state index contributed by atoms with van der Waals surface area (Å²) in [4.78, 5) is 0. The van der Waals surface area contributed by atoms with Gasteiger partial charge in [0.15, 0.2) is 0 Å². The zero-order valence-corrected chi connectivity index (χ0v) is 22.1. The number of para-hydroxylation sites is 1. The molecule has 2 nitrogen and oxygen atoms in total. The summed E-state index contributed by atoms with van der Waals surface area (Å²) in [6.07, 6.45) is 12.8. The first-order valence-electron chi connectivity index (χ1n) is 13.7. The van der Waals surface area contributed by atoms with Crippen LogP contribution in [0, 0.1) is 6.92 Å². The second kappa shape index (κ2) is 9.49. The molecule has 2 N–H and O–H groups in total. The molecule has 0 radical (unpaired) electrons. The van der Waals surface area contributed by atoms with Crippen molar-refractivity contribution in [3.05, 3.63) is 138 Å². The van der Waals surface area contributed by atoms with E-state index in [1.165, 1.54) is 60.3 Å². The van der Waals surface area contributed by atoms with E-state index in [-0.39, 0.29) is 0 Å². The Kier molecular flexibility index (Phi) is 5.67. The predicted molar refractivity (Wildman–Crippen MR) is 168 cm³/mol. The second-order valence-corrected chi connectivity index (χ2v) is 10.3. The summed E-state index contributed by atoms with van der Waals surface area (Å²) in [7, 11) is 0. The number of allylic oxidation sites excluding steroid dienone is 4. The Bertz CT molecular complexity index is 1910. The Labute approximate surface area is 229 Å². The predicted octanol–water partition coefficient (Wildman–Crippen LogP) is 9.58. The number of rotatable bonds is 4. The van der Waals surface area contributed by atoms with Gasteiger partial charge in [0.25, 0.3) is 0 Å². The van der Waals surface area contributed by atoms with Crippen LogP contribution in [0.2, 0.25) is 0 Å². The van der Waals surface area contributed by atoms with Crippen LogP contribution < -0.4 is 5.73 Å². The van der Waals surface area contributed by atoms with Crippen LogP contribution in [0.1, 0.15) is 29.7 Å². The van der Waals surface area contributed by atoms with Gasteiger partial charge >= 0.3 is 0 Å². The molecule has 0 spiro atoms. The van der Waals surface area contributed by atoms with Crippen LogP contribution in [-0.4, -0.2) is 4.57 Å². The van der Waals surface area contributed by atoms with Gasteiger partial charge in [-0.05, 0) is 106 Å². The van der Waals surface area contributed by atoms with Crippen molar-refractivity contribution in [2.45, 2.75) is 19.8 Å². The lowest BCUT2D eigenvalue weighted by atomic mass is 9.84. The number of benzene rings is 5. The van der Waals surface area contributed by atoms with Crippen molar-refractivity contribution in [3.8, 4) is 16.8 Å². The highest BCUT2D eigenvalue weighted by Gasteiger charge is 2.19. The maximum Gasteiger partial charge on any atom is 0.0538 e. The first-order valence-corrected chi connectivity index (χ1v) is 13.7. The summed E-state index contributed by atoms with van der Waals surface area (Å²) in [6, 6.07) is 35.2. The number of nitrogens with two attached hydrogens (primary N) is 1. The fourth-order valence-corrected chi connectivity index (χ4v) is 6.32. The molecule has 0 amide bonds. The lowest BCUT2D eigenvalue weighted by Gasteiger charge is -2.19. The standard InChI is InChI=1S/C37H30N2/c1-25-33-24-27(20-21-35(33)39(34(25)22-23-38)28-14-6-3-7-15-28)37-31-18-10-8-16-29(31)36(26-12-4-2-5-13-26)30-17-9-11-19-32(30)37/h3-4,6-24H,2,5,38H2,1H3/b23-22-. The molecule has 0 bridgehead atoms. The van der Waals surface area contributed by atoms with Gasteiger partial charge in [0, 0.05) is 11.1 Å². The third-order valence-corrected chi connectivity index (χ3v) is 8.04. The van der Waals surface area contributed by atoms with Crippen LogP contribution in [0.3, 0.4) is 0 Å². The molecule has 7 rings (SSSR count). The van der Waals surface area contributed by atoms with Crippen molar-refractivity contribution in [2.24, 2.45) is 5.73 Å². The Morgan fingerprint density at radius 2 is 1.33 bits per heavy atom. The largest absolute Gasteiger partial charge is 0.405 e. The van der Waals surface area contributed by atoms with Gasteiger partial charge in [0.2, 0.25) is 0 Å². The van der Waals surface area contributed by atoms with Crippen molar-refractivity contribution < 1.29 is 0 Å². The molecule has 1 heterocycles. The van der Waals surface area contributed by atoms with Crippen LogP contribution >= 0.6 is 0 Å². The van der Waals surface area contributed by atoms with Crippen molar-refractivity contribution in [1.29, 1.82) is 0 Å². The molecule has 0 saturated carbocycles. The maximum atomic E-state index is 5.92. The first kappa shape index (κ1) is 23.3. The van der Waals surface area contributed by atoms with Gasteiger partial charge in [0.1, 0.15) is 0 Å². The zero-order chi connectivity index (χ0) is 26.3. The lowest BCUT2D eigenvalue weighted by Crippen LogP contribution is -1.97. The van der Waals surface area contributed by atoms with Crippen LogP contribution in [0.4, 0.5) is 0 Å². The topological polar surface area (TPSA) is 30.9 Å². The first-order chi connectivity index (χ1) is 19.3. The Morgan fingerprint density at radius 3 is 1.95 bits per heavy atom. The number of hydrogen-bond donors (Lipinski definition) is 1. The van der Waals surface area contributed by atoms with Gasteiger partial charge in [-0.15, -0.1) is 0 Å². The Balaban J connectivity index is 1.55. The van der Waals surface area contributed by atoms with E-state index in [1.807, 2.05) is 6.08 Å². The van der Waals surface area contributed by atoms with E-state index >= 15 is 0 Å². The minimum atomic E-state index is 1.09. The third kappa shape index (κ3) is 3.72. The van der Waals surface area contributed by atoms with Crippen LogP contribution in [0.25, 0.3) is 60.9 Å². The van der Waals surface area contributed by atoms with Gasteiger partial charge in [-0.25, -0.2) is 0 Å². The lowest BCUT2D eigenvalue weighted by molar-refractivity contribution is 1.04. The van der Waals surface area contributed by atoms with E-state index in [2.05, 4.69) is 127 Å². The maximum absolute atomic E-state index is 5.92. The molecular weight excluding hydrogens is 472 g/mol. The molecule has 1 aliphatic carbocycles. The quantitative estimate of drug-likeness (QED) is 0.239. The number of nitrogens with zero attached hydrogens (tertiary/aromatic N) is 1. The molecule has 0 fully saturated rings. The van der Waals surface area contributed by atoms with Crippen LogP contribution in [0.5, 0.6) is 0 Å². The third-order valence-electron chi connectivity index (χ3n) is 8.04. The summed E-state index contributed by atoms with van der Waals surface area (Å²) in [5, 5.41) is 6.41. The van der Waals surface area contributed by atoms with Gasteiger partial charge in [0.05, 0.1) is 11.2 Å². The average Bonchev–Trinajstić information content (AvgIpc) is 3.27. The number of aryl methyl sites for hydroxylation is 1. The molecule has 0 unspecified atom stereocenters. The molecule has 5 aromatic carbocycles. The fraction of sp³-hybridized carbons (Fsp3) is 0.0811. The SMILES string of the molecule is Cc1c(/C=C\N)n(-c2ccccc2)c2ccc(-c3c4ccccc4c(C4=CCCC=C4)c4ccccc34)cc12. The molecule has 2 heteroatoms. The number of aromatic nitrogens is 1. The molecule has 1 aromatic heterocycles. The summed E-state index contributed by atoms with van der Waals surface area (Å²) >= 11 is 0. The van der Waals surface area contributed by atoms with E-state index in [0.29, 0.717) is 0 Å². The minimum Gasteiger partial charge on any atom is -0.405 e. The van der Waals surface area contributed by atoms with Gasteiger partial charge in [-0.1, -0.05) is 91.0 Å². The smallest absolute Gasteiger partial charge is 0.0538 e. The number of fused-ring (bicyclic) bond motifs is 3. The van der Waals surface area contributed by atoms with Crippen LogP contribution in [0.15, 0.2) is 121 Å². The highest BCUT2D eigenvalue weighted by Crippen LogP contribution is 2.44. The molecule has 0 saturated heterocycles.